The van der Waals surface area contributed by atoms with Crippen LogP contribution in [0.4, 0.5) is 4.39 Å². The molecule has 0 saturated carbocycles. The molecule has 0 radical (unpaired) electrons. The molecule has 1 heterocycles. The van der Waals surface area contributed by atoms with E-state index in [1.807, 2.05) is 0 Å². The number of carbonyl (C=O) groups excluding carboxylic acids is 2. The SMILES string of the molecule is NC(=O)CCCCNC(=O)c1cccnc1F. The van der Waals surface area contributed by atoms with E-state index in [-0.39, 0.29) is 17.9 Å². The van der Waals surface area contributed by atoms with Crippen LogP contribution in [0.3, 0.4) is 0 Å². The maximum Gasteiger partial charge on any atom is 0.255 e. The zero-order chi connectivity index (χ0) is 12.7. The van der Waals surface area contributed by atoms with Crippen molar-refractivity contribution in [2.45, 2.75) is 19.3 Å². The van der Waals surface area contributed by atoms with Gasteiger partial charge in [-0.2, -0.15) is 4.39 Å². The third-order valence-electron chi connectivity index (χ3n) is 2.14. The number of aromatic nitrogens is 1. The molecule has 0 unspecified atom stereocenters. The number of amides is 2. The lowest BCUT2D eigenvalue weighted by atomic mass is 10.2. The van der Waals surface area contributed by atoms with Gasteiger partial charge in [-0.05, 0) is 25.0 Å². The highest BCUT2D eigenvalue weighted by Gasteiger charge is 2.10. The summed E-state index contributed by atoms with van der Waals surface area (Å²) in [4.78, 5) is 25.3. The average Bonchev–Trinajstić information content (AvgIpc) is 2.28. The van der Waals surface area contributed by atoms with Gasteiger partial charge in [0.25, 0.3) is 5.91 Å². The Labute approximate surface area is 98.2 Å². The van der Waals surface area contributed by atoms with E-state index in [4.69, 9.17) is 5.73 Å². The number of pyridine rings is 1. The second-order valence-electron chi connectivity index (χ2n) is 3.52. The highest BCUT2D eigenvalue weighted by Crippen LogP contribution is 2.02. The Bertz CT molecular complexity index is 409. The lowest BCUT2D eigenvalue weighted by Gasteiger charge is -2.04. The molecule has 1 rings (SSSR count). The van der Waals surface area contributed by atoms with Crippen molar-refractivity contribution in [2.75, 3.05) is 6.54 Å². The molecule has 1 aromatic heterocycles. The molecular formula is C11H14FN3O2. The van der Waals surface area contributed by atoms with E-state index in [2.05, 4.69) is 10.3 Å². The van der Waals surface area contributed by atoms with Crippen LogP contribution in [0, 0.1) is 5.95 Å². The number of nitrogens with two attached hydrogens (primary N) is 1. The van der Waals surface area contributed by atoms with Crippen LogP contribution in [-0.2, 0) is 4.79 Å². The first-order valence-electron chi connectivity index (χ1n) is 5.28. The van der Waals surface area contributed by atoms with Gasteiger partial charge in [0, 0.05) is 19.2 Å². The highest BCUT2D eigenvalue weighted by atomic mass is 19.1. The predicted octanol–water partition coefficient (Wildman–Crippen LogP) is 0.606. The predicted molar refractivity (Wildman–Crippen MR) is 59.6 cm³/mol. The number of nitrogens with zero attached hydrogens (tertiary/aromatic N) is 1. The number of unbranched alkanes of at least 4 members (excludes halogenated alkanes) is 1. The Hall–Kier alpha value is -1.98. The lowest BCUT2D eigenvalue weighted by molar-refractivity contribution is -0.118. The third kappa shape index (κ3) is 4.58. The molecule has 0 bridgehead atoms. The summed E-state index contributed by atoms with van der Waals surface area (Å²) >= 11 is 0. The summed E-state index contributed by atoms with van der Waals surface area (Å²) in [6.45, 7) is 0.375. The third-order valence-corrected chi connectivity index (χ3v) is 2.14. The summed E-state index contributed by atoms with van der Waals surface area (Å²) in [5.41, 5.74) is 4.88. The highest BCUT2D eigenvalue weighted by molar-refractivity contribution is 5.94. The van der Waals surface area contributed by atoms with Crippen LogP contribution in [0.25, 0.3) is 0 Å². The Balaban J connectivity index is 2.31. The number of primary amides is 1. The van der Waals surface area contributed by atoms with Crippen LogP contribution in [0.15, 0.2) is 18.3 Å². The average molecular weight is 239 g/mol. The number of hydrogen-bond donors (Lipinski definition) is 2. The van der Waals surface area contributed by atoms with Gasteiger partial charge in [-0.1, -0.05) is 0 Å². The number of halogens is 1. The van der Waals surface area contributed by atoms with E-state index >= 15 is 0 Å². The van der Waals surface area contributed by atoms with Gasteiger partial charge in [0.2, 0.25) is 11.9 Å². The minimum absolute atomic E-state index is 0.0811. The number of hydrogen-bond acceptors (Lipinski definition) is 3. The molecule has 0 aliphatic heterocycles. The minimum atomic E-state index is -0.790. The number of rotatable bonds is 6. The van der Waals surface area contributed by atoms with Gasteiger partial charge in [-0.15, -0.1) is 0 Å². The van der Waals surface area contributed by atoms with Gasteiger partial charge in [-0.3, -0.25) is 9.59 Å². The molecule has 6 heteroatoms. The van der Waals surface area contributed by atoms with Crippen LogP contribution in [0.2, 0.25) is 0 Å². The summed E-state index contributed by atoms with van der Waals surface area (Å²) in [6, 6.07) is 2.85. The van der Waals surface area contributed by atoms with Crippen molar-refractivity contribution in [3.05, 3.63) is 29.8 Å². The van der Waals surface area contributed by atoms with Gasteiger partial charge in [0.15, 0.2) is 0 Å². The topological polar surface area (TPSA) is 85.1 Å². The van der Waals surface area contributed by atoms with Gasteiger partial charge in [0.05, 0.1) is 5.56 Å². The molecule has 0 aliphatic carbocycles. The summed E-state index contributed by atoms with van der Waals surface area (Å²) < 4.78 is 13.1. The van der Waals surface area contributed by atoms with Gasteiger partial charge in [0.1, 0.15) is 0 Å². The van der Waals surface area contributed by atoms with E-state index < -0.39 is 11.9 Å². The van der Waals surface area contributed by atoms with E-state index in [1.165, 1.54) is 18.3 Å². The molecule has 2 amide bonds. The standard InChI is InChI=1S/C11H14FN3O2/c12-10-8(4-3-7-14-10)11(17)15-6-2-1-5-9(13)16/h3-4,7H,1-2,5-6H2,(H2,13,16)(H,15,17). The summed E-state index contributed by atoms with van der Waals surface area (Å²) in [7, 11) is 0. The molecular weight excluding hydrogens is 225 g/mol. The van der Waals surface area contributed by atoms with Crippen LogP contribution in [0.5, 0.6) is 0 Å². The maximum atomic E-state index is 13.1. The van der Waals surface area contributed by atoms with Gasteiger partial charge < -0.3 is 11.1 Å². The monoisotopic (exact) mass is 239 g/mol. The van der Waals surface area contributed by atoms with E-state index in [0.717, 1.165) is 0 Å². The minimum Gasteiger partial charge on any atom is -0.370 e. The first kappa shape index (κ1) is 13.1. The largest absolute Gasteiger partial charge is 0.370 e. The summed E-state index contributed by atoms with van der Waals surface area (Å²) in [5, 5.41) is 2.54. The van der Waals surface area contributed by atoms with Crippen molar-refractivity contribution < 1.29 is 14.0 Å². The molecule has 5 nitrogen and oxygen atoms in total. The number of nitrogens with one attached hydrogen (secondary N) is 1. The Morgan fingerprint density at radius 1 is 1.41 bits per heavy atom. The van der Waals surface area contributed by atoms with E-state index in [0.29, 0.717) is 19.4 Å². The zero-order valence-corrected chi connectivity index (χ0v) is 9.28. The molecule has 0 saturated heterocycles. The number of carbonyl (C=O) groups is 2. The molecule has 3 N–H and O–H groups in total. The van der Waals surface area contributed by atoms with E-state index in [1.54, 1.807) is 0 Å². The molecule has 17 heavy (non-hydrogen) atoms. The van der Waals surface area contributed by atoms with Crippen molar-refractivity contribution in [3.63, 3.8) is 0 Å². The van der Waals surface area contributed by atoms with Gasteiger partial charge >= 0.3 is 0 Å². The second kappa shape index (κ2) is 6.57. The first-order valence-corrected chi connectivity index (χ1v) is 5.28. The molecule has 0 aromatic carbocycles. The summed E-state index contributed by atoms with van der Waals surface area (Å²) in [5.74, 6) is -1.66. The fraction of sp³-hybridized carbons (Fsp3) is 0.364. The molecule has 1 aromatic rings. The Morgan fingerprint density at radius 2 is 2.18 bits per heavy atom. The fourth-order valence-electron chi connectivity index (χ4n) is 1.28. The van der Waals surface area contributed by atoms with Crippen molar-refractivity contribution in [3.8, 4) is 0 Å². The van der Waals surface area contributed by atoms with Crippen molar-refractivity contribution >= 4 is 11.8 Å². The molecule has 0 atom stereocenters. The zero-order valence-electron chi connectivity index (χ0n) is 9.28. The van der Waals surface area contributed by atoms with Crippen molar-refractivity contribution in [1.29, 1.82) is 0 Å². The van der Waals surface area contributed by atoms with Crippen molar-refractivity contribution in [2.24, 2.45) is 5.73 Å². The van der Waals surface area contributed by atoms with Crippen LogP contribution >= 0.6 is 0 Å². The molecule has 0 spiro atoms. The maximum absolute atomic E-state index is 13.1. The Morgan fingerprint density at radius 3 is 2.82 bits per heavy atom. The molecule has 0 aliphatic rings. The second-order valence-corrected chi connectivity index (χ2v) is 3.52. The Kier molecular flexibility index (Phi) is 5.06. The molecule has 0 fully saturated rings. The van der Waals surface area contributed by atoms with Crippen LogP contribution in [0.1, 0.15) is 29.6 Å². The van der Waals surface area contributed by atoms with E-state index in [9.17, 15) is 14.0 Å². The quantitative estimate of drug-likeness (QED) is 0.563. The summed E-state index contributed by atoms with van der Waals surface area (Å²) in [6.07, 6.45) is 2.79. The van der Waals surface area contributed by atoms with Crippen LogP contribution < -0.4 is 11.1 Å². The van der Waals surface area contributed by atoms with Crippen LogP contribution in [-0.4, -0.2) is 23.3 Å². The molecule has 92 valence electrons. The lowest BCUT2D eigenvalue weighted by Crippen LogP contribution is -2.25. The van der Waals surface area contributed by atoms with Crippen molar-refractivity contribution in [1.82, 2.24) is 10.3 Å². The van der Waals surface area contributed by atoms with Gasteiger partial charge in [-0.25, -0.2) is 4.98 Å². The fourth-order valence-corrected chi connectivity index (χ4v) is 1.28. The smallest absolute Gasteiger partial charge is 0.255 e. The normalized spacial score (nSPS) is 9.94. The first-order chi connectivity index (χ1) is 8.11.